The standard InChI is InChI=1S/C18H13N3O2S/c22-17-6-4-12(10-19-17)11-3-5-13-14(8-11)21-18(23)9-15(20-13)16-2-1-7-24-16/h1-8,10H,9H2,(H,19,22)(H,21,23). The lowest BCUT2D eigenvalue weighted by molar-refractivity contribution is -0.115. The van der Waals surface area contributed by atoms with Gasteiger partial charge in [-0.25, -0.2) is 4.99 Å². The fraction of sp³-hybridized carbons (Fsp3) is 0.0556. The fourth-order valence-corrected chi connectivity index (χ4v) is 3.33. The molecule has 2 aromatic heterocycles. The summed E-state index contributed by atoms with van der Waals surface area (Å²) in [7, 11) is 0. The van der Waals surface area contributed by atoms with E-state index in [0.717, 1.165) is 27.4 Å². The number of benzene rings is 1. The van der Waals surface area contributed by atoms with Crippen LogP contribution in [0.2, 0.25) is 0 Å². The molecule has 1 aliphatic heterocycles. The zero-order valence-corrected chi connectivity index (χ0v) is 13.4. The number of anilines is 1. The Morgan fingerprint density at radius 2 is 1.92 bits per heavy atom. The zero-order chi connectivity index (χ0) is 16.5. The topological polar surface area (TPSA) is 74.3 Å². The lowest BCUT2D eigenvalue weighted by Crippen LogP contribution is -2.14. The predicted octanol–water partition coefficient (Wildman–Crippen LogP) is 3.57. The normalized spacial score (nSPS) is 13.7. The average molecular weight is 335 g/mol. The van der Waals surface area contributed by atoms with Gasteiger partial charge in [-0.05, 0) is 40.8 Å². The number of thiophene rings is 1. The SMILES string of the molecule is O=C1CC(c2cccs2)=Nc2ccc(-c3ccc(=O)[nH]c3)cc2N1. The van der Waals surface area contributed by atoms with Gasteiger partial charge < -0.3 is 10.3 Å². The lowest BCUT2D eigenvalue weighted by atomic mass is 10.1. The van der Waals surface area contributed by atoms with Crippen molar-refractivity contribution < 1.29 is 4.79 Å². The molecule has 1 aliphatic rings. The number of nitrogens with zero attached hydrogens (tertiary/aromatic N) is 1. The van der Waals surface area contributed by atoms with E-state index in [2.05, 4.69) is 15.3 Å². The predicted molar refractivity (Wildman–Crippen MR) is 96.3 cm³/mol. The van der Waals surface area contributed by atoms with Crippen molar-refractivity contribution in [2.45, 2.75) is 6.42 Å². The number of aromatic nitrogens is 1. The molecule has 3 heterocycles. The van der Waals surface area contributed by atoms with Crippen LogP contribution in [0, 0.1) is 0 Å². The first-order valence-corrected chi connectivity index (χ1v) is 8.31. The minimum Gasteiger partial charge on any atom is -0.328 e. The molecule has 0 unspecified atom stereocenters. The first-order valence-electron chi connectivity index (χ1n) is 7.43. The number of carbonyl (C=O) groups is 1. The van der Waals surface area contributed by atoms with Crippen molar-refractivity contribution in [2.75, 3.05) is 5.32 Å². The maximum absolute atomic E-state index is 12.2. The molecule has 0 bridgehead atoms. The van der Waals surface area contributed by atoms with Crippen LogP contribution >= 0.6 is 11.3 Å². The zero-order valence-electron chi connectivity index (χ0n) is 12.6. The summed E-state index contributed by atoms with van der Waals surface area (Å²) in [6.07, 6.45) is 1.91. The van der Waals surface area contributed by atoms with Crippen LogP contribution < -0.4 is 10.9 Å². The Morgan fingerprint density at radius 1 is 1.04 bits per heavy atom. The van der Waals surface area contributed by atoms with E-state index in [1.165, 1.54) is 6.07 Å². The monoisotopic (exact) mass is 335 g/mol. The smallest absolute Gasteiger partial charge is 0.247 e. The molecule has 24 heavy (non-hydrogen) atoms. The molecule has 0 atom stereocenters. The molecule has 6 heteroatoms. The van der Waals surface area contributed by atoms with Crippen LogP contribution in [0.3, 0.4) is 0 Å². The molecule has 2 N–H and O–H groups in total. The van der Waals surface area contributed by atoms with E-state index in [4.69, 9.17) is 0 Å². The van der Waals surface area contributed by atoms with Crippen molar-refractivity contribution in [1.82, 2.24) is 4.98 Å². The molecule has 0 fully saturated rings. The van der Waals surface area contributed by atoms with E-state index in [9.17, 15) is 9.59 Å². The van der Waals surface area contributed by atoms with Gasteiger partial charge in [-0.15, -0.1) is 11.3 Å². The van der Waals surface area contributed by atoms with Gasteiger partial charge in [-0.3, -0.25) is 9.59 Å². The van der Waals surface area contributed by atoms with Crippen LogP contribution in [0.1, 0.15) is 11.3 Å². The molecule has 0 saturated heterocycles. The number of fused-ring (bicyclic) bond motifs is 1. The van der Waals surface area contributed by atoms with Gasteiger partial charge in [0.1, 0.15) is 0 Å². The van der Waals surface area contributed by atoms with Crippen LogP contribution in [0.5, 0.6) is 0 Å². The van der Waals surface area contributed by atoms with Crippen molar-refractivity contribution in [2.24, 2.45) is 4.99 Å². The highest BCUT2D eigenvalue weighted by Crippen LogP contribution is 2.33. The van der Waals surface area contributed by atoms with E-state index < -0.39 is 0 Å². The number of pyridine rings is 1. The van der Waals surface area contributed by atoms with Crippen LogP contribution in [0.15, 0.2) is 63.8 Å². The Kier molecular flexibility index (Phi) is 3.59. The largest absolute Gasteiger partial charge is 0.328 e. The van der Waals surface area contributed by atoms with E-state index in [-0.39, 0.29) is 17.9 Å². The van der Waals surface area contributed by atoms with Crippen molar-refractivity contribution in [3.63, 3.8) is 0 Å². The second-order valence-corrected chi connectivity index (χ2v) is 6.38. The van der Waals surface area contributed by atoms with E-state index in [0.29, 0.717) is 5.69 Å². The Morgan fingerprint density at radius 3 is 2.67 bits per heavy atom. The Balaban J connectivity index is 1.78. The van der Waals surface area contributed by atoms with Gasteiger partial charge in [-0.2, -0.15) is 0 Å². The maximum atomic E-state index is 12.2. The van der Waals surface area contributed by atoms with E-state index >= 15 is 0 Å². The van der Waals surface area contributed by atoms with E-state index in [1.54, 1.807) is 23.6 Å². The van der Waals surface area contributed by atoms with Crippen molar-refractivity contribution in [3.05, 3.63) is 69.3 Å². The summed E-state index contributed by atoms with van der Waals surface area (Å²) in [4.78, 5) is 31.7. The molecule has 4 rings (SSSR count). The number of hydrogen-bond acceptors (Lipinski definition) is 4. The van der Waals surface area contributed by atoms with Crippen LogP contribution in [-0.4, -0.2) is 16.6 Å². The second kappa shape index (κ2) is 5.90. The highest BCUT2D eigenvalue weighted by molar-refractivity contribution is 7.12. The van der Waals surface area contributed by atoms with Crippen molar-refractivity contribution >= 4 is 34.3 Å². The molecule has 118 valence electrons. The lowest BCUT2D eigenvalue weighted by Gasteiger charge is -2.08. The minimum atomic E-state index is -0.146. The summed E-state index contributed by atoms with van der Waals surface area (Å²) >= 11 is 1.57. The Labute approximate surface area is 141 Å². The molecule has 5 nitrogen and oxygen atoms in total. The summed E-state index contributed by atoms with van der Waals surface area (Å²) in [5, 5.41) is 4.89. The van der Waals surface area contributed by atoms with Gasteiger partial charge in [-0.1, -0.05) is 12.1 Å². The highest BCUT2D eigenvalue weighted by atomic mass is 32.1. The molecule has 0 spiro atoms. The third kappa shape index (κ3) is 2.79. The summed E-state index contributed by atoms with van der Waals surface area (Å²) in [6, 6.07) is 12.8. The molecule has 0 radical (unpaired) electrons. The molecule has 0 saturated carbocycles. The number of amides is 1. The van der Waals surface area contributed by atoms with Gasteiger partial charge in [0, 0.05) is 17.1 Å². The Bertz CT molecular complexity index is 983. The molecule has 1 amide bonds. The summed E-state index contributed by atoms with van der Waals surface area (Å²) < 4.78 is 0. The van der Waals surface area contributed by atoms with Crippen LogP contribution in [-0.2, 0) is 4.79 Å². The van der Waals surface area contributed by atoms with Gasteiger partial charge >= 0.3 is 0 Å². The number of aliphatic imine (C=N–C) groups is 1. The first-order chi connectivity index (χ1) is 11.7. The van der Waals surface area contributed by atoms with Crippen molar-refractivity contribution in [1.29, 1.82) is 0 Å². The number of H-pyrrole nitrogens is 1. The second-order valence-electron chi connectivity index (χ2n) is 5.43. The van der Waals surface area contributed by atoms with Gasteiger partial charge in [0.15, 0.2) is 0 Å². The summed E-state index contributed by atoms with van der Waals surface area (Å²) in [5.41, 5.74) is 3.82. The highest BCUT2D eigenvalue weighted by Gasteiger charge is 2.18. The van der Waals surface area contributed by atoms with Gasteiger partial charge in [0.05, 0.1) is 23.5 Å². The number of aromatic amines is 1. The molecule has 1 aromatic carbocycles. The minimum absolute atomic E-state index is 0.0838. The van der Waals surface area contributed by atoms with Crippen molar-refractivity contribution in [3.8, 4) is 11.1 Å². The average Bonchev–Trinajstić information content (AvgIpc) is 3.05. The quantitative estimate of drug-likeness (QED) is 0.751. The fourth-order valence-electron chi connectivity index (χ4n) is 2.62. The molecule has 0 aliphatic carbocycles. The summed E-state index contributed by atoms with van der Waals surface area (Å²) in [5.74, 6) is -0.0838. The third-order valence-corrected chi connectivity index (χ3v) is 4.70. The third-order valence-electron chi connectivity index (χ3n) is 3.78. The van der Waals surface area contributed by atoms with Crippen LogP contribution in [0.25, 0.3) is 11.1 Å². The maximum Gasteiger partial charge on any atom is 0.247 e. The van der Waals surface area contributed by atoms with Gasteiger partial charge in [0.2, 0.25) is 11.5 Å². The Hall–Kier alpha value is -2.99. The first kappa shape index (κ1) is 14.6. The summed E-state index contributed by atoms with van der Waals surface area (Å²) in [6.45, 7) is 0. The molecule has 3 aromatic rings. The molecular weight excluding hydrogens is 322 g/mol. The number of hydrogen-bond donors (Lipinski definition) is 2. The molecular formula is C18H13N3O2S. The van der Waals surface area contributed by atoms with E-state index in [1.807, 2.05) is 35.7 Å². The van der Waals surface area contributed by atoms with Gasteiger partial charge in [0.25, 0.3) is 0 Å². The van der Waals surface area contributed by atoms with Crippen LogP contribution in [0.4, 0.5) is 11.4 Å². The number of carbonyl (C=O) groups excluding carboxylic acids is 1. The number of rotatable bonds is 2. The number of nitrogens with one attached hydrogen (secondary N) is 2.